The smallest absolute Gasteiger partial charge is 0.387 e. The summed E-state index contributed by atoms with van der Waals surface area (Å²) in [5.74, 6) is 0.186. The number of hydrogen-bond donors (Lipinski definition) is 0. The molecule has 1 saturated heterocycles. The van der Waals surface area contributed by atoms with Crippen molar-refractivity contribution in [1.82, 2.24) is 9.80 Å². The van der Waals surface area contributed by atoms with Crippen LogP contribution in [0.15, 0.2) is 24.3 Å². The van der Waals surface area contributed by atoms with Crippen molar-refractivity contribution in [3.05, 3.63) is 29.8 Å². The van der Waals surface area contributed by atoms with Gasteiger partial charge >= 0.3 is 6.61 Å². The number of ether oxygens (including phenoxy) is 1. The predicted molar refractivity (Wildman–Crippen MR) is 75.5 cm³/mol. The fraction of sp³-hybridized carbons (Fsp3) is 0.533. The molecular weight excluding hydrogens is 278 g/mol. The molecule has 1 aromatic carbocycles. The van der Waals surface area contributed by atoms with Crippen molar-refractivity contribution in [2.45, 2.75) is 20.0 Å². The Balaban J connectivity index is 1.85. The van der Waals surface area contributed by atoms with Gasteiger partial charge in [0.2, 0.25) is 5.91 Å². The lowest BCUT2D eigenvalue weighted by molar-refractivity contribution is -0.132. The van der Waals surface area contributed by atoms with Gasteiger partial charge in [-0.1, -0.05) is 19.1 Å². The second-order valence-electron chi connectivity index (χ2n) is 5.01. The summed E-state index contributed by atoms with van der Waals surface area (Å²) in [5, 5.41) is 0. The summed E-state index contributed by atoms with van der Waals surface area (Å²) in [5.41, 5.74) is 0.805. The van der Waals surface area contributed by atoms with E-state index in [2.05, 4.69) is 16.6 Å². The van der Waals surface area contributed by atoms with Gasteiger partial charge in [0.05, 0.1) is 6.42 Å². The van der Waals surface area contributed by atoms with E-state index in [1.54, 1.807) is 12.1 Å². The zero-order chi connectivity index (χ0) is 15.2. The fourth-order valence-corrected chi connectivity index (χ4v) is 2.39. The van der Waals surface area contributed by atoms with Crippen LogP contribution in [0, 0.1) is 0 Å². The Bertz CT molecular complexity index is 457. The topological polar surface area (TPSA) is 32.8 Å². The van der Waals surface area contributed by atoms with Crippen molar-refractivity contribution < 1.29 is 18.3 Å². The Labute approximate surface area is 123 Å². The van der Waals surface area contributed by atoms with Gasteiger partial charge in [-0.25, -0.2) is 0 Å². The van der Waals surface area contributed by atoms with Gasteiger partial charge < -0.3 is 14.5 Å². The molecule has 1 aromatic rings. The summed E-state index contributed by atoms with van der Waals surface area (Å²) < 4.78 is 28.4. The molecule has 6 heteroatoms. The molecule has 0 radical (unpaired) electrons. The van der Waals surface area contributed by atoms with Crippen molar-refractivity contribution in [3.63, 3.8) is 0 Å². The summed E-state index contributed by atoms with van der Waals surface area (Å²) in [4.78, 5) is 16.3. The van der Waals surface area contributed by atoms with E-state index in [9.17, 15) is 13.6 Å². The second-order valence-corrected chi connectivity index (χ2v) is 5.01. The molecule has 1 heterocycles. The van der Waals surface area contributed by atoms with Gasteiger partial charge in [0.1, 0.15) is 5.75 Å². The van der Waals surface area contributed by atoms with Crippen LogP contribution in [0.3, 0.4) is 0 Å². The van der Waals surface area contributed by atoms with E-state index in [0.717, 1.165) is 38.3 Å². The van der Waals surface area contributed by atoms with Crippen molar-refractivity contribution in [3.8, 4) is 5.75 Å². The maximum absolute atomic E-state index is 12.2. The summed E-state index contributed by atoms with van der Waals surface area (Å²) in [6.07, 6.45) is 0.293. The minimum absolute atomic E-state index is 0.0771. The highest BCUT2D eigenvalue weighted by molar-refractivity contribution is 5.78. The molecule has 116 valence electrons. The number of rotatable bonds is 5. The Kier molecular flexibility index (Phi) is 5.50. The molecular formula is C15H20F2N2O2. The van der Waals surface area contributed by atoms with E-state index in [0.29, 0.717) is 6.42 Å². The lowest BCUT2D eigenvalue weighted by Crippen LogP contribution is -2.48. The number of halogens is 2. The molecule has 0 aliphatic carbocycles. The molecule has 0 unspecified atom stereocenters. The first-order chi connectivity index (χ1) is 10.1. The lowest BCUT2D eigenvalue weighted by atomic mass is 10.1. The first kappa shape index (κ1) is 15.7. The average Bonchev–Trinajstić information content (AvgIpc) is 2.49. The predicted octanol–water partition coefficient (Wildman–Crippen LogP) is 1.99. The molecule has 21 heavy (non-hydrogen) atoms. The minimum atomic E-state index is -2.83. The van der Waals surface area contributed by atoms with Crippen LogP contribution >= 0.6 is 0 Å². The maximum atomic E-state index is 12.2. The van der Waals surface area contributed by atoms with E-state index in [-0.39, 0.29) is 11.7 Å². The van der Waals surface area contributed by atoms with Gasteiger partial charge in [-0.3, -0.25) is 4.79 Å². The molecule has 0 spiro atoms. The standard InChI is InChI=1S/C15H20F2N2O2/c1-2-18-7-9-19(10-8-18)14(20)11-12-3-5-13(6-4-12)21-15(16)17/h3-6,15H,2,7-11H2,1H3. The zero-order valence-corrected chi connectivity index (χ0v) is 12.1. The van der Waals surface area contributed by atoms with E-state index >= 15 is 0 Å². The van der Waals surface area contributed by atoms with E-state index in [1.165, 1.54) is 12.1 Å². The largest absolute Gasteiger partial charge is 0.435 e. The molecule has 4 nitrogen and oxygen atoms in total. The van der Waals surface area contributed by atoms with E-state index in [1.807, 2.05) is 4.90 Å². The highest BCUT2D eigenvalue weighted by Gasteiger charge is 2.20. The number of benzene rings is 1. The number of amides is 1. The molecule has 0 bridgehead atoms. The van der Waals surface area contributed by atoms with Crippen LogP contribution in [0.25, 0.3) is 0 Å². The van der Waals surface area contributed by atoms with Crippen molar-refractivity contribution in [2.24, 2.45) is 0 Å². The fourth-order valence-electron chi connectivity index (χ4n) is 2.39. The van der Waals surface area contributed by atoms with Crippen LogP contribution in [-0.4, -0.2) is 55.0 Å². The molecule has 0 atom stereocenters. The van der Waals surface area contributed by atoms with Crippen LogP contribution in [0.4, 0.5) is 8.78 Å². The third kappa shape index (κ3) is 4.67. The second kappa shape index (κ2) is 7.36. The summed E-state index contributed by atoms with van der Waals surface area (Å²) in [7, 11) is 0. The van der Waals surface area contributed by atoms with Gasteiger partial charge in [-0.05, 0) is 24.2 Å². The van der Waals surface area contributed by atoms with Crippen LogP contribution in [0.5, 0.6) is 5.75 Å². The third-order valence-corrected chi connectivity index (χ3v) is 3.68. The normalized spacial score (nSPS) is 16.3. The quantitative estimate of drug-likeness (QED) is 0.833. The number of piperazine rings is 1. The van der Waals surface area contributed by atoms with Gasteiger partial charge in [-0.15, -0.1) is 0 Å². The molecule has 0 aromatic heterocycles. The van der Waals surface area contributed by atoms with Crippen molar-refractivity contribution in [2.75, 3.05) is 32.7 Å². The number of likely N-dealkylation sites (N-methyl/N-ethyl adjacent to an activating group) is 1. The number of carbonyl (C=O) groups excluding carboxylic acids is 1. The van der Waals surface area contributed by atoms with Gasteiger partial charge in [0, 0.05) is 26.2 Å². The number of alkyl halides is 2. The molecule has 1 fully saturated rings. The van der Waals surface area contributed by atoms with Gasteiger partial charge in [0.25, 0.3) is 0 Å². The minimum Gasteiger partial charge on any atom is -0.435 e. The zero-order valence-electron chi connectivity index (χ0n) is 12.1. The maximum Gasteiger partial charge on any atom is 0.387 e. The Morgan fingerprint density at radius 2 is 1.81 bits per heavy atom. The molecule has 0 N–H and O–H groups in total. The van der Waals surface area contributed by atoms with Crippen LogP contribution in [-0.2, 0) is 11.2 Å². The van der Waals surface area contributed by atoms with E-state index in [4.69, 9.17) is 0 Å². The molecule has 1 aliphatic heterocycles. The first-order valence-electron chi connectivity index (χ1n) is 7.12. The Hall–Kier alpha value is -1.69. The van der Waals surface area contributed by atoms with Gasteiger partial charge in [0.15, 0.2) is 0 Å². The van der Waals surface area contributed by atoms with Gasteiger partial charge in [-0.2, -0.15) is 8.78 Å². The monoisotopic (exact) mass is 298 g/mol. The van der Waals surface area contributed by atoms with Crippen LogP contribution in [0.2, 0.25) is 0 Å². The first-order valence-corrected chi connectivity index (χ1v) is 7.12. The highest BCUT2D eigenvalue weighted by atomic mass is 19.3. The molecule has 0 saturated carbocycles. The average molecular weight is 298 g/mol. The number of nitrogens with zero attached hydrogens (tertiary/aromatic N) is 2. The summed E-state index contributed by atoms with van der Waals surface area (Å²) in [6, 6.07) is 6.23. The Morgan fingerprint density at radius 1 is 1.19 bits per heavy atom. The molecule has 2 rings (SSSR count). The molecule has 1 amide bonds. The summed E-state index contributed by atoms with van der Waals surface area (Å²) >= 11 is 0. The van der Waals surface area contributed by atoms with Crippen molar-refractivity contribution >= 4 is 5.91 Å². The number of hydrogen-bond acceptors (Lipinski definition) is 3. The van der Waals surface area contributed by atoms with E-state index < -0.39 is 6.61 Å². The Morgan fingerprint density at radius 3 is 2.33 bits per heavy atom. The third-order valence-electron chi connectivity index (χ3n) is 3.68. The van der Waals surface area contributed by atoms with Crippen LogP contribution < -0.4 is 4.74 Å². The summed E-state index contributed by atoms with van der Waals surface area (Å²) in [6.45, 7) is 3.60. The number of carbonyl (C=O) groups is 1. The highest BCUT2D eigenvalue weighted by Crippen LogP contribution is 2.16. The lowest BCUT2D eigenvalue weighted by Gasteiger charge is -2.34. The van der Waals surface area contributed by atoms with Crippen molar-refractivity contribution in [1.29, 1.82) is 0 Å². The van der Waals surface area contributed by atoms with Crippen LogP contribution in [0.1, 0.15) is 12.5 Å². The SMILES string of the molecule is CCN1CCN(C(=O)Cc2ccc(OC(F)F)cc2)CC1. The molecule has 1 aliphatic rings.